The normalized spacial score (nSPS) is 10.6. The minimum absolute atomic E-state index is 0.548. The molecule has 0 unspecified atom stereocenters. The summed E-state index contributed by atoms with van der Waals surface area (Å²) < 4.78 is 10.8. The summed E-state index contributed by atoms with van der Waals surface area (Å²) in [6.07, 6.45) is 1.65. The molecule has 3 aromatic rings. The number of aryl methyl sites for hydroxylation is 1. The van der Waals surface area contributed by atoms with Gasteiger partial charge in [-0.25, -0.2) is 4.98 Å². The Labute approximate surface area is 134 Å². The molecular weight excluding hydrogens is 292 g/mol. The van der Waals surface area contributed by atoms with E-state index in [2.05, 4.69) is 15.2 Å². The minimum atomic E-state index is 0.548. The topological polar surface area (TPSA) is 64.3 Å². The summed E-state index contributed by atoms with van der Waals surface area (Å²) in [6.45, 7) is 2.51. The van der Waals surface area contributed by atoms with Gasteiger partial charge in [-0.1, -0.05) is 0 Å². The highest BCUT2D eigenvalue weighted by molar-refractivity contribution is 5.60. The lowest BCUT2D eigenvalue weighted by atomic mass is 10.1. The van der Waals surface area contributed by atoms with Crippen molar-refractivity contribution in [1.29, 1.82) is 0 Å². The lowest BCUT2D eigenvalue weighted by Crippen LogP contribution is -2.19. The first kappa shape index (κ1) is 15.0. The second kappa shape index (κ2) is 6.48. The first-order valence-corrected chi connectivity index (χ1v) is 7.26. The van der Waals surface area contributed by atoms with Crippen LogP contribution in [-0.4, -0.2) is 29.3 Å². The fraction of sp³-hybridized carbons (Fsp3) is 0.235. The zero-order valence-corrected chi connectivity index (χ0v) is 13.4. The van der Waals surface area contributed by atoms with Crippen molar-refractivity contribution in [3.63, 3.8) is 0 Å². The molecule has 0 atom stereocenters. The SMILES string of the molecule is COc1ccc(-c2cnnc(N(C)Cc3ccc(C)o3)n2)cc1. The molecule has 0 amide bonds. The number of hydrogen-bond acceptors (Lipinski definition) is 6. The third kappa shape index (κ3) is 3.48. The molecule has 0 aliphatic rings. The number of methoxy groups -OCH3 is 1. The Morgan fingerprint density at radius 2 is 1.91 bits per heavy atom. The monoisotopic (exact) mass is 310 g/mol. The van der Waals surface area contributed by atoms with Gasteiger partial charge in [0.1, 0.15) is 17.3 Å². The van der Waals surface area contributed by atoms with Crippen molar-refractivity contribution in [2.75, 3.05) is 19.1 Å². The number of ether oxygens (including phenoxy) is 1. The van der Waals surface area contributed by atoms with E-state index >= 15 is 0 Å². The zero-order valence-electron chi connectivity index (χ0n) is 13.4. The van der Waals surface area contributed by atoms with Crippen molar-refractivity contribution in [3.8, 4) is 17.0 Å². The molecule has 118 valence electrons. The molecule has 0 fully saturated rings. The van der Waals surface area contributed by atoms with Gasteiger partial charge in [0, 0.05) is 12.6 Å². The highest BCUT2D eigenvalue weighted by Gasteiger charge is 2.10. The second-order valence-corrected chi connectivity index (χ2v) is 5.24. The molecule has 6 nitrogen and oxygen atoms in total. The predicted octanol–water partition coefficient (Wildman–Crippen LogP) is 3.09. The van der Waals surface area contributed by atoms with Crippen molar-refractivity contribution in [2.24, 2.45) is 0 Å². The maximum absolute atomic E-state index is 5.58. The minimum Gasteiger partial charge on any atom is -0.497 e. The molecule has 0 N–H and O–H groups in total. The van der Waals surface area contributed by atoms with Crippen LogP contribution >= 0.6 is 0 Å². The van der Waals surface area contributed by atoms with Gasteiger partial charge in [-0.05, 0) is 43.3 Å². The highest BCUT2D eigenvalue weighted by Crippen LogP contribution is 2.21. The number of anilines is 1. The lowest BCUT2D eigenvalue weighted by Gasteiger charge is -2.15. The second-order valence-electron chi connectivity index (χ2n) is 5.24. The molecule has 0 spiro atoms. The van der Waals surface area contributed by atoms with Gasteiger partial charge in [-0.15, -0.1) is 5.10 Å². The maximum Gasteiger partial charge on any atom is 0.246 e. The van der Waals surface area contributed by atoms with E-state index in [4.69, 9.17) is 9.15 Å². The van der Waals surface area contributed by atoms with Crippen LogP contribution in [0.4, 0.5) is 5.95 Å². The average molecular weight is 310 g/mol. The highest BCUT2D eigenvalue weighted by atomic mass is 16.5. The molecule has 2 aromatic heterocycles. The van der Waals surface area contributed by atoms with Crippen LogP contribution in [0.5, 0.6) is 5.75 Å². The van der Waals surface area contributed by atoms with Crippen molar-refractivity contribution in [1.82, 2.24) is 15.2 Å². The summed E-state index contributed by atoms with van der Waals surface area (Å²) in [6, 6.07) is 11.6. The molecule has 23 heavy (non-hydrogen) atoms. The van der Waals surface area contributed by atoms with Crippen LogP contribution in [0, 0.1) is 6.92 Å². The van der Waals surface area contributed by atoms with Gasteiger partial charge in [-0.2, -0.15) is 5.10 Å². The van der Waals surface area contributed by atoms with Crippen LogP contribution in [-0.2, 0) is 6.54 Å². The third-order valence-electron chi connectivity index (χ3n) is 3.46. The molecule has 1 aromatic carbocycles. The Kier molecular flexibility index (Phi) is 4.23. The average Bonchev–Trinajstić information content (AvgIpc) is 3.00. The Morgan fingerprint density at radius 1 is 1.13 bits per heavy atom. The summed E-state index contributed by atoms with van der Waals surface area (Å²) in [5.41, 5.74) is 1.73. The summed E-state index contributed by atoms with van der Waals surface area (Å²) in [4.78, 5) is 6.47. The van der Waals surface area contributed by atoms with Gasteiger partial charge < -0.3 is 14.1 Å². The standard InChI is InChI=1S/C17H18N4O2/c1-12-4-7-15(23-12)11-21(2)17-19-16(10-18-20-17)13-5-8-14(22-3)9-6-13/h4-10H,11H2,1-3H3. The number of benzene rings is 1. The van der Waals surface area contributed by atoms with E-state index in [0.717, 1.165) is 28.5 Å². The molecule has 0 radical (unpaired) electrons. The fourth-order valence-corrected chi connectivity index (χ4v) is 2.23. The smallest absolute Gasteiger partial charge is 0.246 e. The Morgan fingerprint density at radius 3 is 2.57 bits per heavy atom. The van der Waals surface area contributed by atoms with E-state index < -0.39 is 0 Å². The van der Waals surface area contributed by atoms with Gasteiger partial charge in [0.05, 0.1) is 25.5 Å². The Balaban J connectivity index is 1.80. The largest absolute Gasteiger partial charge is 0.497 e. The first-order valence-electron chi connectivity index (χ1n) is 7.26. The van der Waals surface area contributed by atoms with Crippen LogP contribution < -0.4 is 9.64 Å². The van der Waals surface area contributed by atoms with Crippen LogP contribution in [0.25, 0.3) is 11.3 Å². The fourth-order valence-electron chi connectivity index (χ4n) is 2.23. The van der Waals surface area contributed by atoms with Crippen LogP contribution in [0.3, 0.4) is 0 Å². The molecule has 6 heteroatoms. The van der Waals surface area contributed by atoms with Gasteiger partial charge in [0.15, 0.2) is 0 Å². The van der Waals surface area contributed by atoms with Gasteiger partial charge in [0.25, 0.3) is 0 Å². The van der Waals surface area contributed by atoms with E-state index in [1.807, 2.05) is 55.3 Å². The van der Waals surface area contributed by atoms with E-state index in [-0.39, 0.29) is 0 Å². The number of aromatic nitrogens is 3. The first-order chi connectivity index (χ1) is 11.2. The van der Waals surface area contributed by atoms with Crippen molar-refractivity contribution >= 4 is 5.95 Å². The lowest BCUT2D eigenvalue weighted by molar-refractivity contribution is 0.415. The van der Waals surface area contributed by atoms with E-state index in [1.165, 1.54) is 0 Å². The molecule has 0 aliphatic heterocycles. The maximum atomic E-state index is 5.58. The molecule has 0 aliphatic carbocycles. The molecule has 3 rings (SSSR count). The Bertz CT molecular complexity index is 783. The van der Waals surface area contributed by atoms with Crippen LogP contribution in [0.1, 0.15) is 11.5 Å². The number of rotatable bonds is 5. The molecular formula is C17H18N4O2. The number of furan rings is 1. The van der Waals surface area contributed by atoms with Crippen LogP contribution in [0.15, 0.2) is 47.0 Å². The zero-order chi connectivity index (χ0) is 16.2. The van der Waals surface area contributed by atoms with E-state index in [0.29, 0.717) is 12.5 Å². The molecule has 0 saturated heterocycles. The van der Waals surface area contributed by atoms with Crippen molar-refractivity contribution in [2.45, 2.75) is 13.5 Å². The molecule has 0 saturated carbocycles. The predicted molar refractivity (Wildman–Crippen MR) is 87.4 cm³/mol. The van der Waals surface area contributed by atoms with E-state index in [1.54, 1.807) is 13.3 Å². The quantitative estimate of drug-likeness (QED) is 0.721. The number of nitrogens with zero attached hydrogens (tertiary/aromatic N) is 4. The molecule has 0 bridgehead atoms. The number of hydrogen-bond donors (Lipinski definition) is 0. The van der Waals surface area contributed by atoms with Gasteiger partial charge >= 0.3 is 0 Å². The summed E-state index contributed by atoms with van der Waals surface area (Å²) in [7, 11) is 3.55. The van der Waals surface area contributed by atoms with Crippen LogP contribution in [0.2, 0.25) is 0 Å². The summed E-state index contributed by atoms with van der Waals surface area (Å²) in [5, 5.41) is 8.16. The summed E-state index contributed by atoms with van der Waals surface area (Å²) >= 11 is 0. The van der Waals surface area contributed by atoms with Crippen molar-refractivity contribution in [3.05, 3.63) is 54.1 Å². The Hall–Kier alpha value is -2.89. The van der Waals surface area contributed by atoms with Gasteiger partial charge in [0.2, 0.25) is 5.95 Å². The summed E-state index contributed by atoms with van der Waals surface area (Å²) in [5.74, 6) is 3.11. The van der Waals surface area contributed by atoms with E-state index in [9.17, 15) is 0 Å². The third-order valence-corrected chi connectivity index (χ3v) is 3.46. The van der Waals surface area contributed by atoms with Crippen molar-refractivity contribution < 1.29 is 9.15 Å². The van der Waals surface area contributed by atoms with Gasteiger partial charge in [-0.3, -0.25) is 0 Å². The molecule has 2 heterocycles.